The fraction of sp³-hybridized carbons (Fsp3) is 0.0556. The quantitative estimate of drug-likeness (QED) is 0.293. The van der Waals surface area contributed by atoms with Gasteiger partial charge in [-0.2, -0.15) is 0 Å². The van der Waals surface area contributed by atoms with Gasteiger partial charge in [0.1, 0.15) is 5.69 Å². The number of aromatic nitrogens is 2. The number of nitro groups is 1. The van der Waals surface area contributed by atoms with Gasteiger partial charge in [-0.1, -0.05) is 54.2 Å². The number of hydrogen-bond donors (Lipinski definition) is 2. The molecule has 0 spiro atoms. The highest BCUT2D eigenvalue weighted by molar-refractivity contribution is 7.99. The summed E-state index contributed by atoms with van der Waals surface area (Å²) >= 11 is 1.04. The van der Waals surface area contributed by atoms with E-state index in [2.05, 4.69) is 15.3 Å². The number of nitrogens with one attached hydrogen (secondary N) is 2. The van der Waals surface area contributed by atoms with E-state index in [1.54, 1.807) is 6.07 Å². The molecule has 0 aliphatic carbocycles. The van der Waals surface area contributed by atoms with E-state index >= 15 is 0 Å². The zero-order valence-electron chi connectivity index (χ0n) is 13.9. The lowest BCUT2D eigenvalue weighted by molar-refractivity contribution is -0.383. The minimum absolute atomic E-state index is 0.0623. The normalized spacial score (nSPS) is 10.4. The second-order valence-electron chi connectivity index (χ2n) is 5.41. The first-order chi connectivity index (χ1) is 13.0. The molecule has 1 amide bonds. The summed E-state index contributed by atoms with van der Waals surface area (Å²) in [5.74, 6) is -0.505. The van der Waals surface area contributed by atoms with E-state index in [9.17, 15) is 19.7 Å². The van der Waals surface area contributed by atoms with E-state index in [1.165, 1.54) is 24.3 Å². The summed E-state index contributed by atoms with van der Waals surface area (Å²) in [7, 11) is 0. The molecule has 2 aromatic carbocycles. The van der Waals surface area contributed by atoms with Crippen molar-refractivity contribution < 1.29 is 9.72 Å². The van der Waals surface area contributed by atoms with Gasteiger partial charge in [0.25, 0.3) is 11.2 Å². The highest BCUT2D eigenvalue weighted by atomic mass is 32.2. The Morgan fingerprint density at radius 3 is 2.59 bits per heavy atom. The van der Waals surface area contributed by atoms with Gasteiger partial charge in [0.2, 0.25) is 5.91 Å². The van der Waals surface area contributed by atoms with E-state index < -0.39 is 10.8 Å². The maximum atomic E-state index is 12.1. The molecule has 3 rings (SSSR count). The number of benzene rings is 2. The van der Waals surface area contributed by atoms with Crippen LogP contribution in [0.3, 0.4) is 0 Å². The van der Waals surface area contributed by atoms with Gasteiger partial charge in [0, 0.05) is 17.7 Å². The fourth-order valence-electron chi connectivity index (χ4n) is 2.32. The molecule has 1 heterocycles. The average Bonchev–Trinajstić information content (AvgIpc) is 2.67. The highest BCUT2D eigenvalue weighted by Crippen LogP contribution is 2.24. The van der Waals surface area contributed by atoms with Crippen LogP contribution in [-0.4, -0.2) is 26.6 Å². The lowest BCUT2D eigenvalue weighted by Gasteiger charge is -2.06. The van der Waals surface area contributed by atoms with E-state index in [-0.39, 0.29) is 22.7 Å². The van der Waals surface area contributed by atoms with Crippen molar-refractivity contribution in [3.63, 3.8) is 0 Å². The number of H-pyrrole nitrogens is 1. The fourth-order valence-corrected chi connectivity index (χ4v) is 2.99. The minimum atomic E-state index is -0.564. The van der Waals surface area contributed by atoms with Gasteiger partial charge in [-0.25, -0.2) is 4.98 Å². The summed E-state index contributed by atoms with van der Waals surface area (Å²) in [6.45, 7) is 0. The van der Waals surface area contributed by atoms with Crippen LogP contribution in [0.5, 0.6) is 0 Å². The van der Waals surface area contributed by atoms with E-state index in [0.29, 0.717) is 10.9 Å². The van der Waals surface area contributed by atoms with Gasteiger partial charge in [-0.05, 0) is 6.07 Å². The van der Waals surface area contributed by atoms with Crippen LogP contribution in [0.2, 0.25) is 0 Å². The molecule has 0 fully saturated rings. The molecule has 0 atom stereocenters. The number of anilines is 1. The van der Waals surface area contributed by atoms with Crippen LogP contribution in [-0.2, 0) is 4.79 Å². The molecule has 8 nitrogen and oxygen atoms in total. The van der Waals surface area contributed by atoms with Crippen molar-refractivity contribution in [3.8, 4) is 11.3 Å². The number of para-hydroxylation sites is 2. The van der Waals surface area contributed by atoms with Crippen LogP contribution in [0.4, 0.5) is 11.4 Å². The van der Waals surface area contributed by atoms with Crippen molar-refractivity contribution in [1.82, 2.24) is 9.97 Å². The van der Waals surface area contributed by atoms with Crippen LogP contribution in [0.1, 0.15) is 0 Å². The third-order valence-corrected chi connectivity index (χ3v) is 4.38. The van der Waals surface area contributed by atoms with Gasteiger partial charge in [0.05, 0.1) is 16.4 Å². The molecule has 0 aliphatic rings. The number of amides is 1. The molecule has 2 N–H and O–H groups in total. The average molecular weight is 382 g/mol. The Balaban J connectivity index is 1.70. The topological polar surface area (TPSA) is 118 Å². The first-order valence-corrected chi connectivity index (χ1v) is 8.84. The Labute approximate surface area is 157 Å². The Morgan fingerprint density at radius 2 is 1.85 bits per heavy atom. The third-order valence-electron chi connectivity index (χ3n) is 3.50. The minimum Gasteiger partial charge on any atom is -0.320 e. The van der Waals surface area contributed by atoms with Crippen LogP contribution >= 0.6 is 11.8 Å². The second kappa shape index (κ2) is 8.28. The molecule has 0 radical (unpaired) electrons. The molecule has 9 heteroatoms. The summed E-state index contributed by atoms with van der Waals surface area (Å²) in [4.78, 5) is 41.3. The van der Waals surface area contributed by atoms with Crippen molar-refractivity contribution in [2.45, 2.75) is 5.16 Å². The second-order valence-corrected chi connectivity index (χ2v) is 6.38. The van der Waals surface area contributed by atoms with Gasteiger partial charge in [-0.3, -0.25) is 19.7 Å². The SMILES string of the molecule is O=C(CSc1nc(-c2ccccc2)cc(=O)[nH]1)Nc1ccccc1[N+](=O)[O-]. The molecule has 0 saturated carbocycles. The van der Waals surface area contributed by atoms with Crippen LogP contribution in [0.25, 0.3) is 11.3 Å². The van der Waals surface area contributed by atoms with E-state index in [0.717, 1.165) is 17.3 Å². The van der Waals surface area contributed by atoms with Gasteiger partial charge >= 0.3 is 0 Å². The van der Waals surface area contributed by atoms with Gasteiger partial charge in [0.15, 0.2) is 5.16 Å². The molecule has 136 valence electrons. The maximum absolute atomic E-state index is 12.1. The van der Waals surface area contributed by atoms with Crippen molar-refractivity contribution in [2.24, 2.45) is 0 Å². The van der Waals surface area contributed by atoms with Gasteiger partial charge < -0.3 is 10.3 Å². The Bertz CT molecular complexity index is 1040. The Kier molecular flexibility index (Phi) is 5.62. The Morgan fingerprint density at radius 1 is 1.15 bits per heavy atom. The summed E-state index contributed by atoms with van der Waals surface area (Å²) < 4.78 is 0. The standard InChI is InChI=1S/C18H14N4O4S/c23-16-10-14(12-6-2-1-3-7-12)20-18(21-16)27-11-17(24)19-13-8-4-5-9-15(13)22(25)26/h1-10H,11H2,(H,19,24)(H,20,21,23). The Hall–Kier alpha value is -3.46. The molecular formula is C18H14N4O4S. The predicted molar refractivity (Wildman–Crippen MR) is 103 cm³/mol. The summed E-state index contributed by atoms with van der Waals surface area (Å²) in [5, 5.41) is 13.8. The van der Waals surface area contributed by atoms with E-state index in [1.807, 2.05) is 30.3 Å². The van der Waals surface area contributed by atoms with Crippen LogP contribution < -0.4 is 10.9 Å². The largest absolute Gasteiger partial charge is 0.320 e. The van der Waals surface area contributed by atoms with Gasteiger partial charge in [-0.15, -0.1) is 0 Å². The molecule has 3 aromatic rings. The van der Waals surface area contributed by atoms with Crippen LogP contribution in [0, 0.1) is 10.1 Å². The summed E-state index contributed by atoms with van der Waals surface area (Å²) in [5.41, 5.74) is 0.891. The molecule has 0 bridgehead atoms. The third kappa shape index (κ3) is 4.79. The highest BCUT2D eigenvalue weighted by Gasteiger charge is 2.15. The zero-order chi connectivity index (χ0) is 19.2. The first-order valence-electron chi connectivity index (χ1n) is 7.86. The summed E-state index contributed by atoms with van der Waals surface area (Å²) in [6, 6.07) is 16.5. The number of rotatable bonds is 6. The first kappa shape index (κ1) is 18.3. The number of aromatic amines is 1. The smallest absolute Gasteiger partial charge is 0.292 e. The number of thioether (sulfide) groups is 1. The number of carbonyl (C=O) groups is 1. The number of nitrogens with zero attached hydrogens (tertiary/aromatic N) is 2. The monoisotopic (exact) mass is 382 g/mol. The summed E-state index contributed by atoms with van der Waals surface area (Å²) in [6.07, 6.45) is 0. The van der Waals surface area contributed by atoms with Crippen molar-refractivity contribution in [3.05, 3.63) is 81.1 Å². The molecule has 0 unspecified atom stereocenters. The van der Waals surface area contributed by atoms with Crippen LogP contribution in [0.15, 0.2) is 70.6 Å². The predicted octanol–water partition coefficient (Wildman–Crippen LogP) is 3.08. The number of hydrogen-bond acceptors (Lipinski definition) is 6. The van der Waals surface area contributed by atoms with Crippen molar-refractivity contribution >= 4 is 29.0 Å². The maximum Gasteiger partial charge on any atom is 0.292 e. The molecule has 1 aromatic heterocycles. The van der Waals surface area contributed by atoms with Crippen molar-refractivity contribution in [2.75, 3.05) is 11.1 Å². The molecule has 0 saturated heterocycles. The lowest BCUT2D eigenvalue weighted by atomic mass is 10.1. The lowest BCUT2D eigenvalue weighted by Crippen LogP contribution is -2.16. The van der Waals surface area contributed by atoms with E-state index in [4.69, 9.17) is 0 Å². The molecule has 27 heavy (non-hydrogen) atoms. The number of carbonyl (C=O) groups excluding carboxylic acids is 1. The molecular weight excluding hydrogens is 368 g/mol. The van der Waals surface area contributed by atoms with Crippen molar-refractivity contribution in [1.29, 1.82) is 0 Å². The molecule has 0 aliphatic heterocycles. The zero-order valence-corrected chi connectivity index (χ0v) is 14.7. The number of nitro benzene ring substituents is 1.